The number of hydrogen-bond acceptors (Lipinski definition) is 5. The fraction of sp³-hybridized carbons (Fsp3) is 0.381. The third-order valence-electron chi connectivity index (χ3n) is 5.33. The van der Waals surface area contributed by atoms with Crippen LogP contribution in [0.3, 0.4) is 0 Å². The average Bonchev–Trinajstić information content (AvgIpc) is 3.05. The zero-order chi connectivity index (χ0) is 19.8. The zero-order valence-corrected chi connectivity index (χ0v) is 17.3. The Labute approximate surface area is 171 Å². The zero-order valence-electron chi connectivity index (χ0n) is 15.8. The minimum Gasteiger partial charge on any atom is -0.459 e. The molecule has 7 heteroatoms. The van der Waals surface area contributed by atoms with Crippen molar-refractivity contribution in [2.24, 2.45) is 5.92 Å². The average molecular weight is 417 g/mol. The van der Waals surface area contributed by atoms with Crippen LogP contribution in [-0.2, 0) is 29.0 Å². The smallest absolute Gasteiger partial charge is 0.329 e. The van der Waals surface area contributed by atoms with Crippen LogP contribution in [0.1, 0.15) is 42.3 Å². The molecular weight excluding hydrogens is 396 g/mol. The van der Waals surface area contributed by atoms with Crippen molar-refractivity contribution in [3.63, 3.8) is 0 Å². The number of aromatic nitrogens is 2. The Hall–Kier alpha value is -2.18. The Morgan fingerprint density at radius 3 is 3.00 bits per heavy atom. The van der Waals surface area contributed by atoms with Crippen molar-refractivity contribution >= 4 is 39.1 Å². The van der Waals surface area contributed by atoms with Gasteiger partial charge in [-0.25, -0.2) is 9.78 Å². The number of carbonyl (C=O) groups is 1. The molecule has 4 rings (SSSR count). The Kier molecular flexibility index (Phi) is 5.25. The van der Waals surface area contributed by atoms with Crippen molar-refractivity contribution in [2.45, 2.75) is 45.8 Å². The molecule has 2 aromatic heterocycles. The number of thiophene rings is 1. The largest absolute Gasteiger partial charge is 0.459 e. The number of ether oxygens (including phenoxy) is 1. The molecule has 0 bridgehead atoms. The first-order valence-electron chi connectivity index (χ1n) is 9.37. The first-order chi connectivity index (χ1) is 13.5. The van der Waals surface area contributed by atoms with E-state index in [-0.39, 0.29) is 12.2 Å². The van der Waals surface area contributed by atoms with E-state index in [0.717, 1.165) is 35.2 Å². The summed E-state index contributed by atoms with van der Waals surface area (Å²) < 4.78 is 6.77. The second-order valence-corrected chi connectivity index (χ2v) is 8.85. The summed E-state index contributed by atoms with van der Waals surface area (Å²) in [5, 5.41) is 1.21. The second-order valence-electron chi connectivity index (χ2n) is 7.36. The van der Waals surface area contributed by atoms with Gasteiger partial charge in [0.15, 0.2) is 0 Å². The van der Waals surface area contributed by atoms with E-state index < -0.39 is 12.0 Å². The molecule has 0 spiro atoms. The van der Waals surface area contributed by atoms with Crippen molar-refractivity contribution in [2.75, 3.05) is 0 Å². The van der Waals surface area contributed by atoms with Gasteiger partial charge in [-0.05, 0) is 43.7 Å². The number of nitrogens with zero attached hydrogens (tertiary/aromatic N) is 2. The van der Waals surface area contributed by atoms with Crippen LogP contribution in [0.4, 0.5) is 0 Å². The first kappa shape index (κ1) is 19.2. The molecule has 1 aromatic carbocycles. The van der Waals surface area contributed by atoms with E-state index in [1.165, 1.54) is 15.8 Å². The Morgan fingerprint density at radius 2 is 2.21 bits per heavy atom. The van der Waals surface area contributed by atoms with Crippen LogP contribution in [0.25, 0.3) is 10.2 Å². The molecule has 0 radical (unpaired) electrons. The number of fused-ring (bicyclic) bond motifs is 3. The molecule has 2 heterocycles. The molecule has 0 fully saturated rings. The summed E-state index contributed by atoms with van der Waals surface area (Å²) in [5.41, 5.74) is 1.67. The van der Waals surface area contributed by atoms with Crippen LogP contribution >= 0.6 is 22.9 Å². The maximum Gasteiger partial charge on any atom is 0.329 e. The van der Waals surface area contributed by atoms with Gasteiger partial charge in [-0.2, -0.15) is 0 Å². The molecule has 0 saturated heterocycles. The molecule has 0 amide bonds. The predicted octanol–water partition coefficient (Wildman–Crippen LogP) is 4.54. The fourth-order valence-corrected chi connectivity index (χ4v) is 5.15. The van der Waals surface area contributed by atoms with Crippen molar-refractivity contribution in [1.29, 1.82) is 0 Å². The molecular formula is C21H21ClN2O3S. The molecule has 1 aliphatic carbocycles. The van der Waals surface area contributed by atoms with Crippen molar-refractivity contribution in [3.05, 3.63) is 62.0 Å². The SMILES string of the molecule is C[C@@H]1CCc2c(sc3ncn([C@H](C)C(=O)OCc4ccccc4Cl)c(=O)c23)C1. The lowest BCUT2D eigenvalue weighted by molar-refractivity contribution is -0.148. The minimum absolute atomic E-state index is 0.0685. The Balaban J connectivity index is 1.60. The van der Waals surface area contributed by atoms with E-state index in [1.54, 1.807) is 30.4 Å². The monoisotopic (exact) mass is 416 g/mol. The van der Waals surface area contributed by atoms with Crippen molar-refractivity contribution < 1.29 is 9.53 Å². The van der Waals surface area contributed by atoms with Gasteiger partial charge in [-0.3, -0.25) is 9.36 Å². The molecule has 0 unspecified atom stereocenters. The molecule has 5 nitrogen and oxygen atoms in total. The molecule has 28 heavy (non-hydrogen) atoms. The van der Waals surface area contributed by atoms with Gasteiger partial charge >= 0.3 is 5.97 Å². The van der Waals surface area contributed by atoms with Gasteiger partial charge in [-0.15, -0.1) is 11.3 Å². The number of halogens is 1. The number of aryl methyl sites for hydroxylation is 1. The maximum absolute atomic E-state index is 13.1. The van der Waals surface area contributed by atoms with E-state index in [0.29, 0.717) is 16.3 Å². The highest BCUT2D eigenvalue weighted by Gasteiger charge is 2.25. The van der Waals surface area contributed by atoms with E-state index in [1.807, 2.05) is 12.1 Å². The Morgan fingerprint density at radius 1 is 1.43 bits per heavy atom. The van der Waals surface area contributed by atoms with Crippen LogP contribution < -0.4 is 5.56 Å². The summed E-state index contributed by atoms with van der Waals surface area (Å²) in [6.45, 7) is 3.96. The lowest BCUT2D eigenvalue weighted by Gasteiger charge is -2.18. The number of benzene rings is 1. The Bertz CT molecular complexity index is 1100. The summed E-state index contributed by atoms with van der Waals surface area (Å²) in [5.74, 6) is 0.141. The highest BCUT2D eigenvalue weighted by Crippen LogP contribution is 2.35. The lowest BCUT2D eigenvalue weighted by Crippen LogP contribution is -2.29. The van der Waals surface area contributed by atoms with Gasteiger partial charge in [-0.1, -0.05) is 36.7 Å². The van der Waals surface area contributed by atoms with Crippen LogP contribution in [0, 0.1) is 5.92 Å². The van der Waals surface area contributed by atoms with Gasteiger partial charge in [0.05, 0.1) is 11.7 Å². The molecule has 3 aromatic rings. The summed E-state index contributed by atoms with van der Waals surface area (Å²) in [6, 6.07) is 6.45. The lowest BCUT2D eigenvalue weighted by atomic mass is 9.89. The number of esters is 1. The van der Waals surface area contributed by atoms with E-state index >= 15 is 0 Å². The fourth-order valence-electron chi connectivity index (χ4n) is 3.62. The topological polar surface area (TPSA) is 61.2 Å². The normalized spacial score (nSPS) is 17.3. The highest BCUT2D eigenvalue weighted by molar-refractivity contribution is 7.18. The first-order valence-corrected chi connectivity index (χ1v) is 10.6. The van der Waals surface area contributed by atoms with E-state index in [2.05, 4.69) is 11.9 Å². The number of carbonyl (C=O) groups excluding carboxylic acids is 1. The number of rotatable bonds is 4. The molecule has 1 aliphatic rings. The van der Waals surface area contributed by atoms with Crippen molar-refractivity contribution in [3.8, 4) is 0 Å². The van der Waals surface area contributed by atoms with Crippen molar-refractivity contribution in [1.82, 2.24) is 9.55 Å². The summed E-state index contributed by atoms with van der Waals surface area (Å²) in [7, 11) is 0. The van der Waals surface area contributed by atoms with Gasteiger partial charge in [0, 0.05) is 15.5 Å². The molecule has 0 saturated carbocycles. The molecule has 0 N–H and O–H groups in total. The summed E-state index contributed by atoms with van der Waals surface area (Å²) >= 11 is 7.70. The van der Waals surface area contributed by atoms with E-state index in [4.69, 9.17) is 16.3 Å². The molecule has 2 atom stereocenters. The predicted molar refractivity (Wildman–Crippen MR) is 111 cm³/mol. The number of hydrogen-bond donors (Lipinski definition) is 0. The maximum atomic E-state index is 13.1. The van der Waals surface area contributed by atoms with Crippen LogP contribution in [0.15, 0.2) is 35.4 Å². The van der Waals surface area contributed by atoms with Crippen LogP contribution in [0.2, 0.25) is 5.02 Å². The third-order valence-corrected chi connectivity index (χ3v) is 6.86. The summed E-state index contributed by atoms with van der Waals surface area (Å²) in [4.78, 5) is 32.1. The molecule has 146 valence electrons. The van der Waals surface area contributed by atoms with Crippen LogP contribution in [0.5, 0.6) is 0 Å². The second kappa shape index (κ2) is 7.68. The van der Waals surface area contributed by atoms with Gasteiger partial charge in [0.2, 0.25) is 0 Å². The highest BCUT2D eigenvalue weighted by atomic mass is 35.5. The minimum atomic E-state index is -0.759. The molecule has 0 aliphatic heterocycles. The van der Waals surface area contributed by atoms with E-state index in [9.17, 15) is 9.59 Å². The van der Waals surface area contributed by atoms with Crippen LogP contribution in [-0.4, -0.2) is 15.5 Å². The quantitative estimate of drug-likeness (QED) is 0.586. The summed E-state index contributed by atoms with van der Waals surface area (Å²) in [6.07, 6.45) is 4.41. The standard InChI is InChI=1S/C21H21ClN2O3S/c1-12-7-8-15-17(9-12)28-19-18(15)20(25)24(11-23-19)13(2)21(26)27-10-14-5-3-4-6-16(14)22/h3-6,11-13H,7-10H2,1-2H3/t12-,13-/m1/s1. The van der Waals surface area contributed by atoms with Gasteiger partial charge in [0.1, 0.15) is 17.5 Å². The van der Waals surface area contributed by atoms with Gasteiger partial charge < -0.3 is 4.74 Å². The third kappa shape index (κ3) is 3.47. The van der Waals surface area contributed by atoms with Gasteiger partial charge in [0.25, 0.3) is 5.56 Å².